The molecule has 2 N–H and O–H groups in total. The van der Waals surface area contributed by atoms with Crippen molar-refractivity contribution in [1.29, 1.82) is 0 Å². The molecule has 108 valence electrons. The molecule has 2 nitrogen and oxygen atoms in total. The Morgan fingerprint density at radius 3 is 2.85 bits per heavy atom. The molecule has 0 aliphatic heterocycles. The molecule has 20 heavy (non-hydrogen) atoms. The number of nitrogens with two attached hydrogens (primary N) is 1. The first-order valence-corrected chi connectivity index (χ1v) is 7.68. The Balaban J connectivity index is 1.83. The quantitative estimate of drug-likeness (QED) is 0.843. The molecular formula is C16H20FNOS. The fourth-order valence-electron chi connectivity index (χ4n) is 2.25. The lowest BCUT2D eigenvalue weighted by Gasteiger charge is -2.13. The minimum absolute atomic E-state index is 0.0171. The van der Waals surface area contributed by atoms with Crippen LogP contribution in [-0.2, 0) is 12.8 Å². The second kappa shape index (κ2) is 7.41. The van der Waals surface area contributed by atoms with Crippen LogP contribution in [0, 0.1) is 5.82 Å². The van der Waals surface area contributed by atoms with E-state index in [4.69, 9.17) is 10.5 Å². The highest BCUT2D eigenvalue weighted by molar-refractivity contribution is 7.09. The van der Waals surface area contributed by atoms with E-state index in [0.717, 1.165) is 19.3 Å². The topological polar surface area (TPSA) is 35.2 Å². The van der Waals surface area contributed by atoms with Crippen molar-refractivity contribution < 1.29 is 9.13 Å². The second-order valence-corrected chi connectivity index (χ2v) is 5.90. The zero-order valence-corrected chi connectivity index (χ0v) is 12.5. The van der Waals surface area contributed by atoms with Gasteiger partial charge in [-0.3, -0.25) is 0 Å². The van der Waals surface area contributed by atoms with Crippen LogP contribution >= 0.6 is 11.3 Å². The molecule has 1 heterocycles. The van der Waals surface area contributed by atoms with Crippen molar-refractivity contribution in [3.8, 4) is 5.75 Å². The largest absolute Gasteiger partial charge is 0.494 e. The molecule has 0 aliphatic carbocycles. The number of benzene rings is 1. The van der Waals surface area contributed by atoms with Crippen LogP contribution in [0.4, 0.5) is 4.39 Å². The smallest absolute Gasteiger partial charge is 0.168 e. The van der Waals surface area contributed by atoms with Crippen molar-refractivity contribution in [3.63, 3.8) is 0 Å². The van der Waals surface area contributed by atoms with E-state index in [9.17, 15) is 4.39 Å². The van der Waals surface area contributed by atoms with Crippen molar-refractivity contribution >= 4 is 11.3 Å². The summed E-state index contributed by atoms with van der Waals surface area (Å²) in [7, 11) is 1.48. The maximum Gasteiger partial charge on any atom is 0.168 e. The van der Waals surface area contributed by atoms with Crippen LogP contribution in [0.25, 0.3) is 0 Å². The third kappa shape index (κ3) is 4.05. The number of hydrogen-bond acceptors (Lipinski definition) is 3. The summed E-state index contributed by atoms with van der Waals surface area (Å²) in [6.07, 6.45) is 3.53. The number of thiophene rings is 1. The first kappa shape index (κ1) is 15.0. The molecule has 0 radical (unpaired) electrons. The molecule has 1 aromatic carbocycles. The summed E-state index contributed by atoms with van der Waals surface area (Å²) in [5.74, 6) is -0.00278. The van der Waals surface area contributed by atoms with Crippen LogP contribution in [0.5, 0.6) is 5.75 Å². The molecule has 4 heteroatoms. The Morgan fingerprint density at radius 2 is 2.15 bits per heavy atom. The third-order valence-electron chi connectivity index (χ3n) is 3.32. The second-order valence-electron chi connectivity index (χ2n) is 4.87. The van der Waals surface area contributed by atoms with Gasteiger partial charge >= 0.3 is 0 Å². The summed E-state index contributed by atoms with van der Waals surface area (Å²) >= 11 is 1.77. The molecule has 2 aromatic rings. The number of hydrogen-bond donors (Lipinski definition) is 1. The number of aryl methyl sites for hydroxylation is 1. The van der Waals surface area contributed by atoms with E-state index in [-0.39, 0.29) is 17.6 Å². The molecule has 2 rings (SSSR count). The minimum Gasteiger partial charge on any atom is -0.494 e. The molecule has 0 aliphatic rings. The Kier molecular flexibility index (Phi) is 5.56. The lowest BCUT2D eigenvalue weighted by atomic mass is 10.0. The summed E-state index contributed by atoms with van der Waals surface area (Å²) in [5.41, 5.74) is 6.73. The van der Waals surface area contributed by atoms with Gasteiger partial charge < -0.3 is 10.5 Å². The van der Waals surface area contributed by atoms with E-state index in [1.165, 1.54) is 12.0 Å². The van der Waals surface area contributed by atoms with Crippen molar-refractivity contribution in [1.82, 2.24) is 0 Å². The average molecular weight is 293 g/mol. The van der Waals surface area contributed by atoms with Crippen LogP contribution in [-0.4, -0.2) is 13.2 Å². The van der Waals surface area contributed by atoms with Crippen LogP contribution in [0.15, 0.2) is 35.7 Å². The molecule has 0 fully saturated rings. The fourth-order valence-corrected chi connectivity index (χ4v) is 3.00. The van der Waals surface area contributed by atoms with Crippen molar-refractivity contribution in [2.45, 2.75) is 31.7 Å². The monoisotopic (exact) mass is 293 g/mol. The van der Waals surface area contributed by atoms with E-state index < -0.39 is 0 Å². The van der Waals surface area contributed by atoms with Gasteiger partial charge in [-0.1, -0.05) is 18.2 Å². The standard InChI is InChI=1S/C16H20FNOS/c1-19-15-9-2-5-12(16(15)17)11-13(18)6-3-7-14-8-4-10-20-14/h2,4-5,8-10,13H,3,6-7,11,18H2,1H3. The highest BCUT2D eigenvalue weighted by atomic mass is 32.1. The minimum atomic E-state index is -0.288. The van der Waals surface area contributed by atoms with Gasteiger partial charge in [-0.2, -0.15) is 0 Å². The van der Waals surface area contributed by atoms with Gasteiger partial charge in [0.1, 0.15) is 0 Å². The molecule has 1 atom stereocenters. The van der Waals surface area contributed by atoms with Gasteiger partial charge in [0.25, 0.3) is 0 Å². The first-order chi connectivity index (χ1) is 9.70. The van der Waals surface area contributed by atoms with E-state index in [1.54, 1.807) is 29.5 Å². The molecule has 0 bridgehead atoms. The number of methoxy groups -OCH3 is 1. The highest BCUT2D eigenvalue weighted by Gasteiger charge is 2.12. The molecule has 0 amide bonds. The van der Waals surface area contributed by atoms with Gasteiger partial charge in [0.15, 0.2) is 11.6 Å². The molecule has 0 saturated heterocycles. The summed E-state index contributed by atoms with van der Waals surface area (Å²) in [5, 5.41) is 2.08. The number of halogens is 1. The normalized spacial score (nSPS) is 12.3. The van der Waals surface area contributed by atoms with Crippen LogP contribution in [0.2, 0.25) is 0 Å². The predicted octanol–water partition coefficient (Wildman–Crippen LogP) is 3.79. The Bertz CT molecular complexity index is 527. The fraction of sp³-hybridized carbons (Fsp3) is 0.375. The maximum atomic E-state index is 14.0. The van der Waals surface area contributed by atoms with Crippen LogP contribution < -0.4 is 10.5 Å². The molecule has 0 spiro atoms. The number of ether oxygens (including phenoxy) is 1. The summed E-state index contributed by atoms with van der Waals surface area (Å²) < 4.78 is 19.0. The SMILES string of the molecule is COc1cccc(CC(N)CCCc2cccs2)c1F. The molecule has 0 saturated carbocycles. The van der Waals surface area contributed by atoms with Gasteiger partial charge in [0, 0.05) is 10.9 Å². The van der Waals surface area contributed by atoms with Gasteiger partial charge in [0.05, 0.1) is 7.11 Å². The maximum absolute atomic E-state index is 14.0. The lowest BCUT2D eigenvalue weighted by molar-refractivity contribution is 0.383. The molecule has 1 unspecified atom stereocenters. The van der Waals surface area contributed by atoms with E-state index in [2.05, 4.69) is 17.5 Å². The van der Waals surface area contributed by atoms with E-state index in [0.29, 0.717) is 12.0 Å². The first-order valence-electron chi connectivity index (χ1n) is 6.80. The van der Waals surface area contributed by atoms with Gasteiger partial charge in [0.2, 0.25) is 0 Å². The van der Waals surface area contributed by atoms with Gasteiger partial charge in [-0.25, -0.2) is 4.39 Å². The van der Waals surface area contributed by atoms with Crippen molar-refractivity contribution in [3.05, 3.63) is 52.0 Å². The summed E-state index contributed by atoms with van der Waals surface area (Å²) in [6.45, 7) is 0. The highest BCUT2D eigenvalue weighted by Crippen LogP contribution is 2.21. The zero-order chi connectivity index (χ0) is 14.4. The van der Waals surface area contributed by atoms with Gasteiger partial charge in [-0.15, -0.1) is 11.3 Å². The average Bonchev–Trinajstić information content (AvgIpc) is 2.94. The zero-order valence-electron chi connectivity index (χ0n) is 11.6. The lowest BCUT2D eigenvalue weighted by Crippen LogP contribution is -2.23. The molecular weight excluding hydrogens is 273 g/mol. The summed E-state index contributed by atoms with van der Waals surface area (Å²) in [4.78, 5) is 1.38. The van der Waals surface area contributed by atoms with Crippen LogP contribution in [0.1, 0.15) is 23.3 Å². The Labute approximate surface area is 123 Å². The van der Waals surface area contributed by atoms with E-state index >= 15 is 0 Å². The predicted molar refractivity (Wildman–Crippen MR) is 81.9 cm³/mol. The number of rotatable bonds is 7. The molecule has 1 aromatic heterocycles. The van der Waals surface area contributed by atoms with Gasteiger partial charge in [-0.05, 0) is 48.8 Å². The van der Waals surface area contributed by atoms with E-state index in [1.807, 2.05) is 0 Å². The van der Waals surface area contributed by atoms with Crippen molar-refractivity contribution in [2.75, 3.05) is 7.11 Å². The Morgan fingerprint density at radius 1 is 1.30 bits per heavy atom. The third-order valence-corrected chi connectivity index (χ3v) is 4.26. The summed E-state index contributed by atoms with van der Waals surface area (Å²) in [6, 6.07) is 9.38. The Hall–Kier alpha value is -1.39. The van der Waals surface area contributed by atoms with Crippen molar-refractivity contribution in [2.24, 2.45) is 5.73 Å². The van der Waals surface area contributed by atoms with Crippen LogP contribution in [0.3, 0.4) is 0 Å².